The van der Waals surface area contributed by atoms with Crippen molar-refractivity contribution in [1.29, 1.82) is 0 Å². The van der Waals surface area contributed by atoms with E-state index >= 15 is 0 Å². The average molecular weight is 391 g/mol. The van der Waals surface area contributed by atoms with E-state index in [2.05, 4.69) is 4.98 Å². The minimum Gasteiger partial charge on any atom is -0.311 e. The number of aromatic nitrogens is 1. The van der Waals surface area contributed by atoms with Crippen LogP contribution in [0.2, 0.25) is 5.02 Å². The molecule has 0 saturated heterocycles. The highest BCUT2D eigenvalue weighted by molar-refractivity contribution is 6.33. The Hall–Kier alpha value is -3.24. The largest absolute Gasteiger partial charge is 0.311 e. The highest BCUT2D eigenvalue weighted by Gasteiger charge is 2.16. The van der Waals surface area contributed by atoms with Crippen LogP contribution in [0.1, 0.15) is 10.4 Å². The summed E-state index contributed by atoms with van der Waals surface area (Å²) in [5.41, 5.74) is 2.58. The standard InChI is InChI=1S/C23H16ClFN2O/c1-27(23(28)16-6-8-17(25)9-7-16)18-10-11-21(24)20(14-18)22-19-5-3-2-4-15(19)12-13-26-22/h2-14H,1H3. The highest BCUT2D eigenvalue weighted by Crippen LogP contribution is 2.34. The number of fused-ring (bicyclic) bond motifs is 1. The van der Waals surface area contributed by atoms with E-state index in [1.165, 1.54) is 29.2 Å². The maximum absolute atomic E-state index is 13.1. The first-order valence-corrected chi connectivity index (χ1v) is 9.10. The molecule has 0 fully saturated rings. The van der Waals surface area contributed by atoms with Crippen LogP contribution < -0.4 is 4.90 Å². The van der Waals surface area contributed by atoms with E-state index in [-0.39, 0.29) is 11.7 Å². The van der Waals surface area contributed by atoms with Gasteiger partial charge in [0.05, 0.1) is 10.7 Å². The number of nitrogens with zero attached hydrogens (tertiary/aromatic N) is 2. The number of rotatable bonds is 3. The Kier molecular flexibility index (Phi) is 4.80. The highest BCUT2D eigenvalue weighted by atomic mass is 35.5. The van der Waals surface area contributed by atoms with Crippen LogP contribution in [0.25, 0.3) is 22.0 Å². The fourth-order valence-corrected chi connectivity index (χ4v) is 3.35. The average Bonchev–Trinajstić information content (AvgIpc) is 2.73. The number of hydrogen-bond acceptors (Lipinski definition) is 2. The Balaban J connectivity index is 1.76. The molecule has 0 spiro atoms. The summed E-state index contributed by atoms with van der Waals surface area (Å²) >= 11 is 6.46. The predicted molar refractivity (Wildman–Crippen MR) is 111 cm³/mol. The van der Waals surface area contributed by atoms with Gasteiger partial charge in [0.15, 0.2) is 0 Å². The van der Waals surface area contributed by atoms with Gasteiger partial charge in [0.1, 0.15) is 5.82 Å². The van der Waals surface area contributed by atoms with Gasteiger partial charge < -0.3 is 4.90 Å². The van der Waals surface area contributed by atoms with Crippen LogP contribution in [0.3, 0.4) is 0 Å². The lowest BCUT2D eigenvalue weighted by atomic mass is 10.0. The summed E-state index contributed by atoms with van der Waals surface area (Å²) in [4.78, 5) is 18.8. The van der Waals surface area contributed by atoms with E-state index in [4.69, 9.17) is 11.6 Å². The molecule has 4 aromatic rings. The number of benzene rings is 3. The van der Waals surface area contributed by atoms with Gasteiger partial charge in [0.25, 0.3) is 5.91 Å². The van der Waals surface area contributed by atoms with E-state index in [0.29, 0.717) is 16.3 Å². The monoisotopic (exact) mass is 390 g/mol. The molecule has 3 nitrogen and oxygen atoms in total. The molecule has 138 valence electrons. The molecule has 0 aliphatic rings. The number of pyridine rings is 1. The van der Waals surface area contributed by atoms with Gasteiger partial charge in [0, 0.05) is 35.4 Å². The first kappa shape index (κ1) is 18.1. The number of carbonyl (C=O) groups is 1. The zero-order valence-electron chi connectivity index (χ0n) is 15.1. The lowest BCUT2D eigenvalue weighted by Gasteiger charge is -2.19. The molecule has 0 aliphatic heterocycles. The molecular formula is C23H16ClFN2O. The van der Waals surface area contributed by atoms with Crippen LogP contribution >= 0.6 is 11.6 Å². The Labute approximate surface area is 167 Å². The molecule has 0 saturated carbocycles. The van der Waals surface area contributed by atoms with Crippen molar-refractivity contribution in [1.82, 2.24) is 4.98 Å². The summed E-state index contributed by atoms with van der Waals surface area (Å²) in [5, 5.41) is 2.59. The van der Waals surface area contributed by atoms with E-state index < -0.39 is 0 Å². The SMILES string of the molecule is CN(C(=O)c1ccc(F)cc1)c1ccc(Cl)c(-c2nccc3ccccc23)c1. The third kappa shape index (κ3) is 3.35. The minimum absolute atomic E-state index is 0.237. The maximum atomic E-state index is 13.1. The second-order valence-electron chi connectivity index (χ2n) is 6.42. The molecule has 0 atom stereocenters. The van der Waals surface area contributed by atoms with Crippen LogP contribution in [-0.4, -0.2) is 17.9 Å². The lowest BCUT2D eigenvalue weighted by molar-refractivity contribution is 0.0993. The van der Waals surface area contributed by atoms with Crippen molar-refractivity contribution in [2.45, 2.75) is 0 Å². The molecule has 1 aromatic heterocycles. The van der Waals surface area contributed by atoms with Gasteiger partial charge in [0.2, 0.25) is 0 Å². The summed E-state index contributed by atoms with van der Waals surface area (Å²) in [6.45, 7) is 0. The first-order valence-electron chi connectivity index (χ1n) is 8.72. The van der Waals surface area contributed by atoms with Crippen molar-refractivity contribution in [2.24, 2.45) is 0 Å². The third-order valence-electron chi connectivity index (χ3n) is 4.66. The van der Waals surface area contributed by atoms with Crippen molar-refractivity contribution >= 4 is 34.0 Å². The Morgan fingerprint density at radius 1 is 1.00 bits per heavy atom. The third-order valence-corrected chi connectivity index (χ3v) is 4.99. The molecular weight excluding hydrogens is 375 g/mol. The summed E-state index contributed by atoms with van der Waals surface area (Å²) in [5.74, 6) is -0.617. The molecule has 1 heterocycles. The zero-order chi connectivity index (χ0) is 19.7. The fourth-order valence-electron chi connectivity index (χ4n) is 3.14. The molecule has 1 amide bonds. The topological polar surface area (TPSA) is 33.2 Å². The summed E-state index contributed by atoms with van der Waals surface area (Å²) in [6.07, 6.45) is 1.74. The molecule has 4 rings (SSSR count). The predicted octanol–water partition coefficient (Wildman–Crippen LogP) is 5.97. The zero-order valence-corrected chi connectivity index (χ0v) is 15.8. The summed E-state index contributed by atoms with van der Waals surface area (Å²) in [7, 11) is 1.68. The number of halogens is 2. The van der Waals surface area contributed by atoms with Gasteiger partial charge in [-0.2, -0.15) is 0 Å². The Morgan fingerprint density at radius 3 is 2.54 bits per heavy atom. The van der Waals surface area contributed by atoms with E-state index in [0.717, 1.165) is 22.0 Å². The van der Waals surface area contributed by atoms with Crippen molar-refractivity contribution in [3.8, 4) is 11.3 Å². The van der Waals surface area contributed by atoms with E-state index in [1.54, 1.807) is 25.4 Å². The number of carbonyl (C=O) groups excluding carboxylic acids is 1. The van der Waals surface area contributed by atoms with Crippen LogP contribution in [0, 0.1) is 5.82 Å². The number of amides is 1. The number of anilines is 1. The van der Waals surface area contributed by atoms with E-state index in [1.807, 2.05) is 36.4 Å². The van der Waals surface area contributed by atoms with Crippen molar-refractivity contribution < 1.29 is 9.18 Å². The molecule has 0 radical (unpaired) electrons. The quantitative estimate of drug-likeness (QED) is 0.431. The van der Waals surface area contributed by atoms with Gasteiger partial charge in [-0.25, -0.2) is 4.39 Å². The molecule has 0 N–H and O–H groups in total. The molecule has 5 heteroatoms. The Bertz CT molecular complexity index is 1170. The van der Waals surface area contributed by atoms with E-state index in [9.17, 15) is 9.18 Å². The minimum atomic E-state index is -0.380. The van der Waals surface area contributed by atoms with Crippen LogP contribution in [0.4, 0.5) is 10.1 Å². The summed E-state index contributed by atoms with van der Waals surface area (Å²) < 4.78 is 13.1. The lowest BCUT2D eigenvalue weighted by Crippen LogP contribution is -2.26. The fraction of sp³-hybridized carbons (Fsp3) is 0.0435. The maximum Gasteiger partial charge on any atom is 0.258 e. The van der Waals surface area contributed by atoms with Crippen LogP contribution in [0.15, 0.2) is 79.0 Å². The van der Waals surface area contributed by atoms with Gasteiger partial charge in [-0.05, 0) is 53.9 Å². The summed E-state index contributed by atoms with van der Waals surface area (Å²) in [6, 6.07) is 20.7. The molecule has 3 aromatic carbocycles. The first-order chi connectivity index (χ1) is 13.5. The smallest absolute Gasteiger partial charge is 0.258 e. The van der Waals surface area contributed by atoms with Gasteiger partial charge in [-0.1, -0.05) is 35.9 Å². The second-order valence-corrected chi connectivity index (χ2v) is 6.82. The van der Waals surface area contributed by atoms with Gasteiger partial charge >= 0.3 is 0 Å². The van der Waals surface area contributed by atoms with Crippen LogP contribution in [-0.2, 0) is 0 Å². The van der Waals surface area contributed by atoms with Gasteiger partial charge in [-0.15, -0.1) is 0 Å². The molecule has 28 heavy (non-hydrogen) atoms. The molecule has 0 unspecified atom stereocenters. The Morgan fingerprint density at radius 2 is 1.75 bits per heavy atom. The second kappa shape index (κ2) is 7.41. The van der Waals surface area contributed by atoms with Crippen LogP contribution in [0.5, 0.6) is 0 Å². The number of hydrogen-bond donors (Lipinski definition) is 0. The van der Waals surface area contributed by atoms with Crippen molar-refractivity contribution in [2.75, 3.05) is 11.9 Å². The molecule has 0 aliphatic carbocycles. The van der Waals surface area contributed by atoms with Crippen molar-refractivity contribution in [3.05, 3.63) is 95.4 Å². The normalized spacial score (nSPS) is 10.8. The molecule has 0 bridgehead atoms. The van der Waals surface area contributed by atoms with Crippen molar-refractivity contribution in [3.63, 3.8) is 0 Å². The van der Waals surface area contributed by atoms with Gasteiger partial charge in [-0.3, -0.25) is 9.78 Å².